The minimum atomic E-state index is -1.14. The number of carbonyl (C=O) groups excluding carboxylic acids is 2. The third-order valence-electron chi connectivity index (χ3n) is 3.17. The van der Waals surface area contributed by atoms with Crippen molar-refractivity contribution in [3.05, 3.63) is 53.6 Å². The molecule has 3 N–H and O–H groups in total. The summed E-state index contributed by atoms with van der Waals surface area (Å²) in [6, 6.07) is 10.9. The third-order valence-corrected chi connectivity index (χ3v) is 3.17. The minimum Gasteiger partial charge on any atom is -0.478 e. The summed E-state index contributed by atoms with van der Waals surface area (Å²) in [5, 5.41) is 14.8. The number of carboxylic acids is 1. The first-order valence-corrected chi connectivity index (χ1v) is 7.01. The van der Waals surface area contributed by atoms with Gasteiger partial charge in [0.25, 0.3) is 0 Å². The molecule has 0 unspecified atom stereocenters. The molecule has 0 aliphatic rings. The van der Waals surface area contributed by atoms with Gasteiger partial charge in [-0.1, -0.05) is 12.1 Å². The van der Waals surface area contributed by atoms with Crippen LogP contribution < -0.4 is 10.6 Å². The van der Waals surface area contributed by atoms with Gasteiger partial charge in [-0.05, 0) is 30.3 Å². The molecule has 2 aromatic rings. The number of hydrogen-bond donors (Lipinski definition) is 3. The molecule has 0 saturated heterocycles. The van der Waals surface area contributed by atoms with E-state index in [1.807, 2.05) is 0 Å². The van der Waals surface area contributed by atoms with Crippen LogP contribution in [0.2, 0.25) is 0 Å². The van der Waals surface area contributed by atoms with E-state index in [1.165, 1.54) is 32.2 Å². The summed E-state index contributed by atoms with van der Waals surface area (Å²) in [6.07, 6.45) is 0. The molecule has 0 heterocycles. The lowest BCUT2D eigenvalue weighted by molar-refractivity contribution is -0.114. The number of nitrogens with one attached hydrogen (secondary N) is 2. The highest BCUT2D eigenvalue weighted by Gasteiger charge is 2.15. The van der Waals surface area contributed by atoms with Gasteiger partial charge < -0.3 is 20.5 Å². The molecule has 7 heteroatoms. The Kier molecular flexibility index (Phi) is 5.16. The predicted octanol–water partition coefficient (Wildman–Crippen LogP) is 2.87. The molecule has 2 aromatic carbocycles. The first kappa shape index (κ1) is 17.0. The van der Waals surface area contributed by atoms with Gasteiger partial charge in [0.15, 0.2) is 0 Å². The van der Waals surface area contributed by atoms with Gasteiger partial charge in [0, 0.05) is 12.6 Å². The van der Waals surface area contributed by atoms with E-state index in [0.29, 0.717) is 11.4 Å². The lowest BCUT2D eigenvalue weighted by Gasteiger charge is -2.14. The number of ether oxygens (including phenoxy) is 1. The summed E-state index contributed by atoms with van der Waals surface area (Å²) in [5.41, 5.74) is 1.34. The molecular weight excluding hydrogens is 312 g/mol. The third kappa shape index (κ3) is 3.89. The molecule has 0 aliphatic heterocycles. The second kappa shape index (κ2) is 7.28. The lowest BCUT2D eigenvalue weighted by atomic mass is 10.1. The zero-order valence-corrected chi connectivity index (χ0v) is 13.1. The molecule has 0 bridgehead atoms. The largest absolute Gasteiger partial charge is 0.478 e. The fourth-order valence-electron chi connectivity index (χ4n) is 2.14. The summed E-state index contributed by atoms with van der Waals surface area (Å²) < 4.78 is 4.72. The smallest absolute Gasteiger partial charge is 0.339 e. The highest BCUT2D eigenvalue weighted by molar-refractivity contribution is 6.00. The van der Waals surface area contributed by atoms with E-state index in [0.717, 1.165) is 0 Å². The number of benzene rings is 2. The van der Waals surface area contributed by atoms with E-state index >= 15 is 0 Å². The van der Waals surface area contributed by atoms with Crippen molar-refractivity contribution in [2.45, 2.75) is 6.92 Å². The van der Waals surface area contributed by atoms with Crippen molar-refractivity contribution in [1.29, 1.82) is 0 Å². The standard InChI is InChI=1S/C17H16N2O5/c1-10(20)18-11-7-8-12(16(21)22)15(9-11)19-14-6-4-3-5-13(14)17(23)24-2/h3-9,19H,1-2H3,(H,18,20)(H,21,22). The number of carbonyl (C=O) groups is 3. The maximum atomic E-state index is 11.8. The summed E-state index contributed by atoms with van der Waals surface area (Å²) in [4.78, 5) is 34.4. The van der Waals surface area contributed by atoms with E-state index in [4.69, 9.17) is 4.74 Å². The van der Waals surface area contributed by atoms with Crippen LogP contribution in [0.3, 0.4) is 0 Å². The monoisotopic (exact) mass is 328 g/mol. The Morgan fingerprint density at radius 2 is 1.71 bits per heavy atom. The molecule has 0 spiro atoms. The summed E-state index contributed by atoms with van der Waals surface area (Å²) in [6.45, 7) is 1.35. The van der Waals surface area contributed by atoms with Crippen LogP contribution in [0.5, 0.6) is 0 Å². The van der Waals surface area contributed by atoms with Gasteiger partial charge in [0.2, 0.25) is 5.91 Å². The molecular formula is C17H16N2O5. The average Bonchev–Trinajstić information content (AvgIpc) is 2.54. The Labute approximate surface area is 138 Å². The Morgan fingerprint density at radius 1 is 1.00 bits per heavy atom. The van der Waals surface area contributed by atoms with Crippen LogP contribution in [0.1, 0.15) is 27.6 Å². The highest BCUT2D eigenvalue weighted by atomic mass is 16.5. The molecule has 0 radical (unpaired) electrons. The van der Waals surface area contributed by atoms with Crippen LogP contribution in [-0.4, -0.2) is 30.1 Å². The Balaban J connectivity index is 2.46. The number of anilines is 3. The molecule has 124 valence electrons. The second-order valence-corrected chi connectivity index (χ2v) is 4.91. The van der Waals surface area contributed by atoms with Crippen molar-refractivity contribution in [2.75, 3.05) is 17.7 Å². The Hall–Kier alpha value is -3.35. The number of esters is 1. The number of methoxy groups -OCH3 is 1. The zero-order chi connectivity index (χ0) is 17.7. The molecule has 0 fully saturated rings. The molecule has 24 heavy (non-hydrogen) atoms. The van der Waals surface area contributed by atoms with Crippen LogP contribution >= 0.6 is 0 Å². The quantitative estimate of drug-likeness (QED) is 0.729. The van der Waals surface area contributed by atoms with Gasteiger partial charge in [-0.3, -0.25) is 4.79 Å². The number of amides is 1. The lowest BCUT2D eigenvalue weighted by Crippen LogP contribution is -2.10. The number of rotatable bonds is 5. The fourth-order valence-corrected chi connectivity index (χ4v) is 2.14. The molecule has 0 aliphatic carbocycles. The maximum Gasteiger partial charge on any atom is 0.339 e. The van der Waals surface area contributed by atoms with Crippen LogP contribution in [0.4, 0.5) is 17.1 Å². The van der Waals surface area contributed by atoms with Crippen molar-refractivity contribution >= 4 is 34.9 Å². The number of hydrogen-bond acceptors (Lipinski definition) is 5. The van der Waals surface area contributed by atoms with Gasteiger partial charge >= 0.3 is 11.9 Å². The number of para-hydroxylation sites is 1. The van der Waals surface area contributed by atoms with Gasteiger partial charge in [-0.2, -0.15) is 0 Å². The van der Waals surface area contributed by atoms with Crippen molar-refractivity contribution in [3.8, 4) is 0 Å². The number of aromatic carboxylic acids is 1. The maximum absolute atomic E-state index is 11.8. The van der Waals surface area contributed by atoms with E-state index < -0.39 is 11.9 Å². The van der Waals surface area contributed by atoms with E-state index in [1.54, 1.807) is 24.3 Å². The van der Waals surface area contributed by atoms with E-state index in [9.17, 15) is 19.5 Å². The minimum absolute atomic E-state index is 0.00349. The van der Waals surface area contributed by atoms with Gasteiger partial charge in [-0.25, -0.2) is 9.59 Å². The predicted molar refractivity (Wildman–Crippen MR) is 88.8 cm³/mol. The Bertz CT molecular complexity index is 801. The fraction of sp³-hybridized carbons (Fsp3) is 0.118. The van der Waals surface area contributed by atoms with Gasteiger partial charge in [-0.15, -0.1) is 0 Å². The van der Waals surface area contributed by atoms with Crippen molar-refractivity contribution < 1.29 is 24.2 Å². The molecule has 7 nitrogen and oxygen atoms in total. The van der Waals surface area contributed by atoms with E-state index in [2.05, 4.69) is 10.6 Å². The van der Waals surface area contributed by atoms with Gasteiger partial charge in [0.05, 0.1) is 29.6 Å². The summed E-state index contributed by atoms with van der Waals surface area (Å²) >= 11 is 0. The molecule has 0 atom stereocenters. The highest BCUT2D eigenvalue weighted by Crippen LogP contribution is 2.27. The average molecular weight is 328 g/mol. The van der Waals surface area contributed by atoms with Crippen LogP contribution in [0.15, 0.2) is 42.5 Å². The molecule has 0 saturated carbocycles. The Morgan fingerprint density at radius 3 is 2.33 bits per heavy atom. The first-order valence-electron chi connectivity index (χ1n) is 7.01. The normalized spacial score (nSPS) is 9.92. The first-order chi connectivity index (χ1) is 11.4. The van der Waals surface area contributed by atoms with Crippen LogP contribution in [-0.2, 0) is 9.53 Å². The molecule has 0 aromatic heterocycles. The van der Waals surface area contributed by atoms with E-state index in [-0.39, 0.29) is 22.7 Å². The van der Waals surface area contributed by atoms with Crippen molar-refractivity contribution in [1.82, 2.24) is 0 Å². The summed E-state index contributed by atoms with van der Waals surface area (Å²) in [5.74, 6) is -1.96. The summed E-state index contributed by atoms with van der Waals surface area (Å²) in [7, 11) is 1.26. The van der Waals surface area contributed by atoms with Crippen LogP contribution in [0, 0.1) is 0 Å². The second-order valence-electron chi connectivity index (χ2n) is 4.91. The van der Waals surface area contributed by atoms with Gasteiger partial charge in [0.1, 0.15) is 0 Å². The van der Waals surface area contributed by atoms with Crippen LogP contribution in [0.25, 0.3) is 0 Å². The topological polar surface area (TPSA) is 105 Å². The number of carboxylic acid groups (broad SMARTS) is 1. The molecule has 1 amide bonds. The molecule has 2 rings (SSSR count). The SMILES string of the molecule is COC(=O)c1ccccc1Nc1cc(NC(C)=O)ccc1C(=O)O. The van der Waals surface area contributed by atoms with Crippen molar-refractivity contribution in [3.63, 3.8) is 0 Å². The zero-order valence-electron chi connectivity index (χ0n) is 13.1. The van der Waals surface area contributed by atoms with Crippen molar-refractivity contribution in [2.24, 2.45) is 0 Å².